The number of likely N-dealkylation sites (tertiary alicyclic amines) is 1. The van der Waals surface area contributed by atoms with Crippen LogP contribution in [0.25, 0.3) is 0 Å². The molecule has 0 aromatic heterocycles. The second-order valence-corrected chi connectivity index (χ2v) is 5.42. The number of rotatable bonds is 4. The van der Waals surface area contributed by atoms with Gasteiger partial charge in [0, 0.05) is 19.6 Å². The van der Waals surface area contributed by atoms with Crippen LogP contribution >= 0.6 is 0 Å². The van der Waals surface area contributed by atoms with Crippen LogP contribution in [-0.2, 0) is 0 Å². The molecule has 1 aliphatic carbocycles. The molecule has 19 heavy (non-hydrogen) atoms. The van der Waals surface area contributed by atoms with Crippen molar-refractivity contribution in [2.75, 3.05) is 26.7 Å². The van der Waals surface area contributed by atoms with Crippen molar-refractivity contribution < 1.29 is 4.74 Å². The molecule has 2 fully saturated rings. The van der Waals surface area contributed by atoms with Gasteiger partial charge in [0.1, 0.15) is 5.75 Å². The minimum Gasteiger partial charge on any atom is -0.497 e. The van der Waals surface area contributed by atoms with Crippen LogP contribution in [0, 0.1) is 5.92 Å². The molecule has 4 heteroatoms. The first-order chi connectivity index (χ1) is 9.28. The van der Waals surface area contributed by atoms with Crippen molar-refractivity contribution in [2.24, 2.45) is 16.6 Å². The lowest BCUT2D eigenvalue weighted by molar-refractivity contribution is 0.295. The van der Waals surface area contributed by atoms with E-state index in [1.165, 1.54) is 18.4 Å². The summed E-state index contributed by atoms with van der Waals surface area (Å²) in [4.78, 5) is 6.66. The van der Waals surface area contributed by atoms with Crippen molar-refractivity contribution in [1.29, 1.82) is 0 Å². The SMILES string of the molecule is COc1cccc([C@@H]2C[C@H]2CN=C(N)N2CCC2)c1. The maximum absolute atomic E-state index is 5.94. The van der Waals surface area contributed by atoms with E-state index < -0.39 is 0 Å². The zero-order chi connectivity index (χ0) is 13.2. The minimum absolute atomic E-state index is 0.628. The van der Waals surface area contributed by atoms with E-state index in [0.29, 0.717) is 11.8 Å². The van der Waals surface area contributed by atoms with Gasteiger partial charge in [-0.2, -0.15) is 0 Å². The Labute approximate surface area is 114 Å². The number of methoxy groups -OCH3 is 1. The summed E-state index contributed by atoms with van der Waals surface area (Å²) in [6.45, 7) is 2.99. The van der Waals surface area contributed by atoms with Crippen LogP contribution in [0.4, 0.5) is 0 Å². The summed E-state index contributed by atoms with van der Waals surface area (Å²) in [5.74, 6) is 2.93. The Balaban J connectivity index is 1.55. The largest absolute Gasteiger partial charge is 0.497 e. The van der Waals surface area contributed by atoms with Crippen LogP contribution in [0.15, 0.2) is 29.3 Å². The van der Waals surface area contributed by atoms with E-state index >= 15 is 0 Å². The van der Waals surface area contributed by atoms with Crippen LogP contribution in [0.1, 0.15) is 24.3 Å². The summed E-state index contributed by atoms with van der Waals surface area (Å²) in [6, 6.07) is 8.35. The molecule has 1 saturated carbocycles. The molecule has 1 aromatic carbocycles. The van der Waals surface area contributed by atoms with Gasteiger partial charge in [0.2, 0.25) is 0 Å². The fourth-order valence-electron chi connectivity index (χ4n) is 2.59. The van der Waals surface area contributed by atoms with Gasteiger partial charge in [-0.1, -0.05) is 12.1 Å². The first kappa shape index (κ1) is 12.3. The van der Waals surface area contributed by atoms with Crippen molar-refractivity contribution in [3.63, 3.8) is 0 Å². The molecule has 2 N–H and O–H groups in total. The van der Waals surface area contributed by atoms with Gasteiger partial charge in [-0.3, -0.25) is 4.99 Å². The minimum atomic E-state index is 0.628. The van der Waals surface area contributed by atoms with Crippen molar-refractivity contribution in [3.05, 3.63) is 29.8 Å². The maximum atomic E-state index is 5.94. The molecular formula is C15H21N3O. The van der Waals surface area contributed by atoms with E-state index in [0.717, 1.165) is 31.3 Å². The Kier molecular flexibility index (Phi) is 3.32. The van der Waals surface area contributed by atoms with Crippen LogP contribution < -0.4 is 10.5 Å². The van der Waals surface area contributed by atoms with Crippen molar-refractivity contribution in [3.8, 4) is 5.75 Å². The third-order valence-electron chi connectivity index (χ3n) is 4.11. The normalized spacial score (nSPS) is 25.9. The third-order valence-corrected chi connectivity index (χ3v) is 4.11. The lowest BCUT2D eigenvalue weighted by Crippen LogP contribution is -2.46. The Hall–Kier alpha value is -1.71. The third kappa shape index (κ3) is 2.67. The highest BCUT2D eigenvalue weighted by molar-refractivity contribution is 5.78. The second kappa shape index (κ2) is 5.11. The second-order valence-electron chi connectivity index (χ2n) is 5.42. The van der Waals surface area contributed by atoms with Crippen molar-refractivity contribution in [2.45, 2.75) is 18.8 Å². The van der Waals surface area contributed by atoms with Gasteiger partial charge in [-0.05, 0) is 42.4 Å². The lowest BCUT2D eigenvalue weighted by atomic mass is 10.1. The van der Waals surface area contributed by atoms with Crippen molar-refractivity contribution in [1.82, 2.24) is 4.90 Å². The number of hydrogen-bond acceptors (Lipinski definition) is 2. The number of guanidine groups is 1. The number of nitrogens with two attached hydrogens (primary N) is 1. The van der Waals surface area contributed by atoms with Gasteiger partial charge in [0.15, 0.2) is 5.96 Å². The monoisotopic (exact) mass is 259 g/mol. The van der Waals surface area contributed by atoms with E-state index in [1.54, 1.807) is 7.11 Å². The van der Waals surface area contributed by atoms with E-state index in [1.807, 2.05) is 6.07 Å². The van der Waals surface area contributed by atoms with E-state index in [2.05, 4.69) is 28.1 Å². The van der Waals surface area contributed by atoms with Gasteiger partial charge in [-0.25, -0.2) is 0 Å². The molecule has 3 rings (SSSR count). The van der Waals surface area contributed by atoms with E-state index in [-0.39, 0.29) is 0 Å². The van der Waals surface area contributed by atoms with Crippen LogP contribution in [0.5, 0.6) is 5.75 Å². The highest BCUT2D eigenvalue weighted by atomic mass is 16.5. The molecule has 0 spiro atoms. The number of benzene rings is 1. The molecule has 0 unspecified atom stereocenters. The molecular weight excluding hydrogens is 238 g/mol. The number of hydrogen-bond donors (Lipinski definition) is 1. The van der Waals surface area contributed by atoms with Gasteiger partial charge in [0.25, 0.3) is 0 Å². The Morgan fingerprint density at radius 2 is 2.32 bits per heavy atom. The maximum Gasteiger partial charge on any atom is 0.191 e. The molecule has 1 aliphatic heterocycles. The molecule has 2 atom stereocenters. The fourth-order valence-corrected chi connectivity index (χ4v) is 2.59. The summed E-state index contributed by atoms with van der Waals surface area (Å²) >= 11 is 0. The average molecular weight is 259 g/mol. The molecule has 1 heterocycles. The molecule has 1 saturated heterocycles. The fraction of sp³-hybridized carbons (Fsp3) is 0.533. The highest BCUT2D eigenvalue weighted by Crippen LogP contribution is 2.48. The molecule has 102 valence electrons. The Morgan fingerprint density at radius 3 is 3.00 bits per heavy atom. The van der Waals surface area contributed by atoms with Crippen molar-refractivity contribution >= 4 is 5.96 Å². The molecule has 4 nitrogen and oxygen atoms in total. The summed E-state index contributed by atoms with van der Waals surface area (Å²) < 4.78 is 5.27. The lowest BCUT2D eigenvalue weighted by Gasteiger charge is -2.31. The highest BCUT2D eigenvalue weighted by Gasteiger charge is 2.38. The first-order valence-corrected chi connectivity index (χ1v) is 6.97. The van der Waals surface area contributed by atoms with Gasteiger partial charge < -0.3 is 15.4 Å². The van der Waals surface area contributed by atoms with Gasteiger partial charge in [0.05, 0.1) is 7.11 Å². The smallest absolute Gasteiger partial charge is 0.191 e. The molecule has 1 aromatic rings. The molecule has 0 radical (unpaired) electrons. The summed E-state index contributed by atoms with van der Waals surface area (Å²) in [5.41, 5.74) is 7.30. The average Bonchev–Trinajstić information content (AvgIpc) is 3.14. The van der Waals surface area contributed by atoms with E-state index in [9.17, 15) is 0 Å². The summed E-state index contributed by atoms with van der Waals surface area (Å²) in [7, 11) is 1.71. The van der Waals surface area contributed by atoms with Gasteiger partial charge >= 0.3 is 0 Å². The number of aliphatic imine (C=N–C) groups is 1. The Morgan fingerprint density at radius 1 is 1.47 bits per heavy atom. The van der Waals surface area contributed by atoms with Crippen LogP contribution in [0.2, 0.25) is 0 Å². The number of ether oxygens (including phenoxy) is 1. The standard InChI is InChI=1S/C15H21N3O/c1-19-13-5-2-4-11(8-13)14-9-12(14)10-17-15(16)18-6-3-7-18/h2,4-5,8,12,14H,3,6-7,9-10H2,1H3,(H2,16,17)/t12-,14-/m0/s1. The first-order valence-electron chi connectivity index (χ1n) is 6.97. The summed E-state index contributed by atoms with van der Waals surface area (Å²) in [6.07, 6.45) is 2.45. The van der Waals surface area contributed by atoms with E-state index in [4.69, 9.17) is 10.5 Å². The number of nitrogens with zero attached hydrogens (tertiary/aromatic N) is 2. The molecule has 0 amide bonds. The zero-order valence-corrected chi connectivity index (χ0v) is 11.4. The predicted molar refractivity (Wildman–Crippen MR) is 76.5 cm³/mol. The quantitative estimate of drug-likeness (QED) is 0.663. The topological polar surface area (TPSA) is 50.9 Å². The molecule has 0 bridgehead atoms. The molecule has 2 aliphatic rings. The Bertz CT molecular complexity index is 482. The van der Waals surface area contributed by atoms with Crippen LogP contribution in [-0.4, -0.2) is 37.6 Å². The van der Waals surface area contributed by atoms with Crippen LogP contribution in [0.3, 0.4) is 0 Å². The van der Waals surface area contributed by atoms with Gasteiger partial charge in [-0.15, -0.1) is 0 Å². The summed E-state index contributed by atoms with van der Waals surface area (Å²) in [5, 5.41) is 0. The predicted octanol–water partition coefficient (Wildman–Crippen LogP) is 1.82. The zero-order valence-electron chi connectivity index (χ0n) is 11.4.